The normalized spacial score (nSPS) is 15.9. The summed E-state index contributed by atoms with van der Waals surface area (Å²) in [4.78, 5) is 14.6. The number of unbranched alkanes of at least 4 members (excludes halogenated alkanes) is 1. The first-order valence-corrected chi connectivity index (χ1v) is 8.91. The van der Waals surface area contributed by atoms with Gasteiger partial charge in [-0.1, -0.05) is 30.1 Å². The van der Waals surface area contributed by atoms with E-state index in [0.717, 1.165) is 35.3 Å². The molecule has 1 amide bonds. The molecule has 3 rings (SSSR count). The van der Waals surface area contributed by atoms with E-state index >= 15 is 0 Å². The highest BCUT2D eigenvalue weighted by Gasteiger charge is 2.41. The van der Waals surface area contributed by atoms with E-state index in [1.165, 1.54) is 0 Å². The SMILES string of the molecule is CCCCN1C(=O)C(C)(C)Oc2cc(-c3c(C)noc3C)c(Cl)cc21. The van der Waals surface area contributed by atoms with Crippen molar-refractivity contribution in [2.45, 2.75) is 53.1 Å². The summed E-state index contributed by atoms with van der Waals surface area (Å²) < 4.78 is 11.3. The van der Waals surface area contributed by atoms with Crippen LogP contribution in [0.15, 0.2) is 16.7 Å². The Bertz CT molecular complexity index is 807. The average Bonchev–Trinajstić information content (AvgIpc) is 2.87. The highest BCUT2D eigenvalue weighted by atomic mass is 35.5. The fourth-order valence-electron chi connectivity index (χ4n) is 3.19. The zero-order chi connectivity index (χ0) is 18.4. The summed E-state index contributed by atoms with van der Waals surface area (Å²) in [6.45, 7) is 10.1. The second kappa shape index (κ2) is 6.37. The average molecular weight is 363 g/mol. The first-order valence-electron chi connectivity index (χ1n) is 8.54. The molecule has 0 bridgehead atoms. The predicted molar refractivity (Wildman–Crippen MR) is 98.4 cm³/mol. The molecule has 1 aromatic carbocycles. The first-order chi connectivity index (χ1) is 11.8. The lowest BCUT2D eigenvalue weighted by molar-refractivity contribution is -0.132. The van der Waals surface area contributed by atoms with Gasteiger partial charge in [0.05, 0.1) is 16.4 Å². The third-order valence-corrected chi connectivity index (χ3v) is 4.82. The second-order valence-corrected chi connectivity index (χ2v) is 7.33. The molecule has 6 heteroatoms. The predicted octanol–water partition coefficient (Wildman–Crippen LogP) is 4.92. The Kier molecular flexibility index (Phi) is 4.54. The molecule has 0 aliphatic carbocycles. The van der Waals surface area contributed by atoms with Crippen molar-refractivity contribution in [1.82, 2.24) is 5.16 Å². The Morgan fingerprint density at radius 3 is 2.60 bits per heavy atom. The number of aromatic nitrogens is 1. The molecule has 2 aromatic rings. The molecule has 25 heavy (non-hydrogen) atoms. The zero-order valence-electron chi connectivity index (χ0n) is 15.3. The van der Waals surface area contributed by atoms with E-state index in [0.29, 0.717) is 23.1 Å². The van der Waals surface area contributed by atoms with Crippen LogP contribution in [0.3, 0.4) is 0 Å². The summed E-state index contributed by atoms with van der Waals surface area (Å²) in [6.07, 6.45) is 1.93. The van der Waals surface area contributed by atoms with Crippen molar-refractivity contribution in [3.05, 3.63) is 28.6 Å². The number of rotatable bonds is 4. The smallest absolute Gasteiger partial charge is 0.270 e. The van der Waals surface area contributed by atoms with Crippen LogP contribution in [0.1, 0.15) is 45.1 Å². The van der Waals surface area contributed by atoms with Crippen LogP contribution in [0.5, 0.6) is 5.75 Å². The van der Waals surface area contributed by atoms with Crippen molar-refractivity contribution in [3.8, 4) is 16.9 Å². The van der Waals surface area contributed by atoms with Gasteiger partial charge in [0.2, 0.25) is 0 Å². The van der Waals surface area contributed by atoms with E-state index < -0.39 is 5.60 Å². The van der Waals surface area contributed by atoms with Gasteiger partial charge in [-0.2, -0.15) is 0 Å². The molecule has 1 aliphatic heterocycles. The number of aryl methyl sites for hydroxylation is 2. The lowest BCUT2D eigenvalue weighted by Gasteiger charge is -2.39. The van der Waals surface area contributed by atoms with Crippen molar-refractivity contribution < 1.29 is 14.1 Å². The third-order valence-electron chi connectivity index (χ3n) is 4.50. The number of hydrogen-bond donors (Lipinski definition) is 0. The Labute approximate surface area is 152 Å². The van der Waals surface area contributed by atoms with Gasteiger partial charge in [-0.05, 0) is 46.2 Å². The van der Waals surface area contributed by atoms with Crippen molar-refractivity contribution in [1.29, 1.82) is 0 Å². The molecule has 1 aromatic heterocycles. The van der Waals surface area contributed by atoms with Crippen LogP contribution in [0.25, 0.3) is 11.1 Å². The molecule has 0 N–H and O–H groups in total. The van der Waals surface area contributed by atoms with Crippen molar-refractivity contribution in [2.75, 3.05) is 11.4 Å². The third kappa shape index (κ3) is 3.01. The van der Waals surface area contributed by atoms with Crippen LogP contribution < -0.4 is 9.64 Å². The number of nitrogens with zero attached hydrogens (tertiary/aromatic N) is 2. The number of benzene rings is 1. The lowest BCUT2D eigenvalue weighted by atomic mass is 9.99. The van der Waals surface area contributed by atoms with Crippen LogP contribution in [-0.2, 0) is 4.79 Å². The van der Waals surface area contributed by atoms with Gasteiger partial charge in [0, 0.05) is 17.7 Å². The van der Waals surface area contributed by atoms with E-state index in [2.05, 4.69) is 12.1 Å². The zero-order valence-corrected chi connectivity index (χ0v) is 16.0. The minimum atomic E-state index is -0.912. The van der Waals surface area contributed by atoms with E-state index in [1.807, 2.05) is 19.9 Å². The molecule has 1 aliphatic rings. The first kappa shape index (κ1) is 17.8. The maximum absolute atomic E-state index is 12.8. The fraction of sp³-hybridized carbons (Fsp3) is 0.474. The number of amides is 1. The Balaban J connectivity index is 2.14. The fourth-order valence-corrected chi connectivity index (χ4v) is 3.44. The number of anilines is 1. The molecule has 2 heterocycles. The molecule has 5 nitrogen and oxygen atoms in total. The molecule has 0 saturated carbocycles. The van der Waals surface area contributed by atoms with E-state index in [1.54, 1.807) is 24.8 Å². The van der Waals surface area contributed by atoms with Gasteiger partial charge in [0.25, 0.3) is 5.91 Å². The summed E-state index contributed by atoms with van der Waals surface area (Å²) in [5, 5.41) is 4.55. The summed E-state index contributed by atoms with van der Waals surface area (Å²) >= 11 is 6.55. The van der Waals surface area contributed by atoms with Gasteiger partial charge < -0.3 is 14.2 Å². The minimum absolute atomic E-state index is 0.0467. The highest BCUT2D eigenvalue weighted by molar-refractivity contribution is 6.34. The molecule has 0 fully saturated rings. The molecule has 0 atom stereocenters. The van der Waals surface area contributed by atoms with Crippen LogP contribution in [0.2, 0.25) is 5.02 Å². The van der Waals surface area contributed by atoms with Gasteiger partial charge >= 0.3 is 0 Å². The molecular weight excluding hydrogens is 340 g/mol. The van der Waals surface area contributed by atoms with Crippen molar-refractivity contribution in [2.24, 2.45) is 0 Å². The minimum Gasteiger partial charge on any atom is -0.476 e. The van der Waals surface area contributed by atoms with Gasteiger partial charge in [-0.25, -0.2) is 0 Å². The number of ether oxygens (including phenoxy) is 1. The summed E-state index contributed by atoms with van der Waals surface area (Å²) in [5.74, 6) is 1.31. The van der Waals surface area contributed by atoms with Gasteiger partial charge in [-0.3, -0.25) is 4.79 Å². The molecule has 134 valence electrons. The highest BCUT2D eigenvalue weighted by Crippen LogP contribution is 2.45. The summed E-state index contributed by atoms with van der Waals surface area (Å²) in [5.41, 5.74) is 2.25. The maximum atomic E-state index is 12.8. The van der Waals surface area contributed by atoms with Gasteiger partial charge in [-0.15, -0.1) is 0 Å². The number of carbonyl (C=O) groups excluding carboxylic acids is 1. The Hall–Kier alpha value is -2.01. The van der Waals surface area contributed by atoms with Crippen LogP contribution in [0, 0.1) is 13.8 Å². The van der Waals surface area contributed by atoms with Crippen LogP contribution in [-0.4, -0.2) is 23.2 Å². The molecular formula is C19H23ClN2O3. The number of carbonyl (C=O) groups is 1. The van der Waals surface area contributed by atoms with Gasteiger partial charge in [0.1, 0.15) is 11.5 Å². The molecule has 0 radical (unpaired) electrons. The van der Waals surface area contributed by atoms with E-state index in [-0.39, 0.29) is 5.91 Å². The molecule has 0 spiro atoms. The van der Waals surface area contributed by atoms with Crippen LogP contribution in [0.4, 0.5) is 5.69 Å². The lowest BCUT2D eigenvalue weighted by Crippen LogP contribution is -2.52. The standard InChI is InChI=1S/C19H23ClN2O3/c1-6-7-8-22-15-10-14(20)13(17-11(2)21-25-12(17)3)9-16(15)24-19(4,5)18(22)23/h9-10H,6-8H2,1-5H3. The topological polar surface area (TPSA) is 55.6 Å². The molecule has 0 unspecified atom stereocenters. The second-order valence-electron chi connectivity index (χ2n) is 6.92. The van der Waals surface area contributed by atoms with E-state index in [9.17, 15) is 4.79 Å². The number of fused-ring (bicyclic) bond motifs is 1. The van der Waals surface area contributed by atoms with Crippen LogP contribution >= 0.6 is 11.6 Å². The Morgan fingerprint density at radius 2 is 2.00 bits per heavy atom. The maximum Gasteiger partial charge on any atom is 0.270 e. The number of hydrogen-bond acceptors (Lipinski definition) is 4. The van der Waals surface area contributed by atoms with Crippen molar-refractivity contribution in [3.63, 3.8) is 0 Å². The number of halogens is 1. The van der Waals surface area contributed by atoms with Gasteiger partial charge in [0.15, 0.2) is 5.60 Å². The Morgan fingerprint density at radius 1 is 1.28 bits per heavy atom. The largest absolute Gasteiger partial charge is 0.476 e. The summed E-state index contributed by atoms with van der Waals surface area (Å²) in [6, 6.07) is 3.69. The quantitative estimate of drug-likeness (QED) is 0.774. The van der Waals surface area contributed by atoms with E-state index in [4.69, 9.17) is 20.9 Å². The monoisotopic (exact) mass is 362 g/mol. The van der Waals surface area contributed by atoms with Crippen molar-refractivity contribution >= 4 is 23.2 Å². The molecule has 0 saturated heterocycles. The summed E-state index contributed by atoms with van der Waals surface area (Å²) in [7, 11) is 0.